The van der Waals surface area contributed by atoms with Gasteiger partial charge in [0.1, 0.15) is 23.9 Å². The van der Waals surface area contributed by atoms with Gasteiger partial charge in [-0.1, -0.05) is 97.1 Å². The largest absolute Gasteiger partial charge is 0.457 e. The van der Waals surface area contributed by atoms with Crippen LogP contribution in [0.2, 0.25) is 0 Å². The molecule has 0 saturated carbocycles. The van der Waals surface area contributed by atoms with Crippen LogP contribution in [0, 0.1) is 0 Å². The van der Waals surface area contributed by atoms with Gasteiger partial charge in [-0.2, -0.15) is 0 Å². The lowest BCUT2D eigenvalue weighted by atomic mass is 9.90. The lowest BCUT2D eigenvalue weighted by Crippen LogP contribution is -2.65. The van der Waals surface area contributed by atoms with Crippen molar-refractivity contribution in [1.29, 1.82) is 0 Å². The molecule has 0 aliphatic carbocycles. The van der Waals surface area contributed by atoms with Gasteiger partial charge in [0.05, 0.1) is 38.6 Å². The van der Waals surface area contributed by atoms with Crippen molar-refractivity contribution in [3.63, 3.8) is 0 Å². The van der Waals surface area contributed by atoms with E-state index in [1.165, 1.54) is 13.0 Å². The van der Waals surface area contributed by atoms with E-state index in [4.69, 9.17) is 23.7 Å². The highest BCUT2D eigenvalue weighted by Crippen LogP contribution is 2.30. The molecule has 0 unspecified atom stereocenters. The topological polar surface area (TPSA) is 92.3 Å². The molecule has 1 fully saturated rings. The highest BCUT2D eigenvalue weighted by molar-refractivity contribution is 5.82. The van der Waals surface area contributed by atoms with Crippen molar-refractivity contribution in [2.45, 2.75) is 90.0 Å². The highest BCUT2D eigenvalue weighted by Gasteiger charge is 2.47. The van der Waals surface area contributed by atoms with Crippen molar-refractivity contribution in [1.82, 2.24) is 5.32 Å². The lowest BCUT2D eigenvalue weighted by molar-refractivity contribution is -0.231. The van der Waals surface area contributed by atoms with Crippen LogP contribution < -0.4 is 5.32 Å². The average Bonchev–Trinajstić information content (AvgIpc) is 3.01. The molecule has 5 atom stereocenters. The summed E-state index contributed by atoms with van der Waals surface area (Å²) in [4.78, 5) is 24.9. The summed E-state index contributed by atoms with van der Waals surface area (Å²) in [6, 6.07) is 29.1. The first-order valence-electron chi connectivity index (χ1n) is 15.4. The first-order chi connectivity index (χ1) is 21.7. The minimum atomic E-state index is -0.609. The number of amides is 1. The zero-order valence-electron chi connectivity index (χ0n) is 26.6. The van der Waals surface area contributed by atoms with Gasteiger partial charge in [0.2, 0.25) is 5.91 Å². The summed E-state index contributed by atoms with van der Waals surface area (Å²) in [5, 5.41) is 3.07. The van der Waals surface area contributed by atoms with Gasteiger partial charge in [0.25, 0.3) is 0 Å². The fraction of sp³-hybridized carbons (Fsp3) is 0.405. The van der Waals surface area contributed by atoms with Gasteiger partial charge in [-0.3, -0.25) is 4.79 Å². The summed E-state index contributed by atoms with van der Waals surface area (Å²) >= 11 is 0. The van der Waals surface area contributed by atoms with Gasteiger partial charge in [0.15, 0.2) is 0 Å². The van der Waals surface area contributed by atoms with E-state index in [0.29, 0.717) is 26.2 Å². The van der Waals surface area contributed by atoms with Crippen LogP contribution in [0.15, 0.2) is 103 Å². The van der Waals surface area contributed by atoms with E-state index in [-0.39, 0.29) is 12.5 Å². The number of carbonyl (C=O) groups excluding carboxylic acids is 2. The van der Waals surface area contributed by atoms with Crippen LogP contribution in [0.3, 0.4) is 0 Å². The van der Waals surface area contributed by atoms with Gasteiger partial charge >= 0.3 is 5.97 Å². The third kappa shape index (κ3) is 11.6. The third-order valence-electron chi connectivity index (χ3n) is 7.16. The molecule has 240 valence electrons. The minimum absolute atomic E-state index is 0.224. The van der Waals surface area contributed by atoms with E-state index in [0.717, 1.165) is 16.7 Å². The smallest absolute Gasteiger partial charge is 0.330 e. The Bertz CT molecular complexity index is 1340. The molecule has 3 aromatic rings. The molecular formula is C37H45NO7. The molecule has 1 heterocycles. The average molecular weight is 616 g/mol. The van der Waals surface area contributed by atoms with Gasteiger partial charge < -0.3 is 29.0 Å². The standard InChI is InChI=1S/C37H45NO7/c1-27(39)38-34-31(21-14-22-33(40)45-37(2,3)4)44-32(26-41-23-28-15-8-5-9-16-28)35(42-24-29-17-10-6-11-18-29)36(34)43-25-30-19-12-7-13-20-30/h5-20,22,31-32,34-36H,21,23-26H2,1-4H3,(H,38,39)/b22-14+/t31-,32+,34-,35+,36+/m0/s1. The Morgan fingerprint density at radius 3 is 1.78 bits per heavy atom. The van der Waals surface area contributed by atoms with Crippen LogP contribution in [-0.4, -0.2) is 54.5 Å². The molecule has 0 radical (unpaired) electrons. The van der Waals surface area contributed by atoms with E-state index in [2.05, 4.69) is 5.32 Å². The molecule has 8 heteroatoms. The van der Waals surface area contributed by atoms with E-state index >= 15 is 0 Å². The third-order valence-corrected chi connectivity index (χ3v) is 7.16. The van der Waals surface area contributed by atoms with Crippen LogP contribution in [0.25, 0.3) is 0 Å². The van der Waals surface area contributed by atoms with Crippen molar-refractivity contribution in [2.24, 2.45) is 0 Å². The second-order valence-electron chi connectivity index (χ2n) is 12.1. The normalized spacial score (nSPS) is 21.8. The van der Waals surface area contributed by atoms with E-state index in [1.54, 1.807) is 6.08 Å². The summed E-state index contributed by atoms with van der Waals surface area (Å²) in [6.07, 6.45) is 1.23. The van der Waals surface area contributed by atoms with E-state index in [9.17, 15) is 9.59 Å². The Morgan fingerprint density at radius 2 is 1.27 bits per heavy atom. The molecule has 1 N–H and O–H groups in total. The number of esters is 1. The quantitative estimate of drug-likeness (QED) is 0.177. The van der Waals surface area contributed by atoms with Crippen molar-refractivity contribution < 1.29 is 33.3 Å². The molecule has 3 aromatic carbocycles. The number of rotatable bonds is 14. The summed E-state index contributed by atoms with van der Waals surface area (Å²) in [5.41, 5.74) is 2.43. The Kier molecular flexibility index (Phi) is 12.9. The molecule has 1 saturated heterocycles. The molecule has 4 rings (SSSR count). The SMILES string of the molecule is CC(=O)N[C@@H]1[C@@H](OCc2ccccc2)[C@H](OCc2ccccc2)[C@@H](COCc2ccccc2)O[C@H]1C/C=C/C(=O)OC(C)(C)C. The van der Waals surface area contributed by atoms with Crippen LogP contribution in [0.5, 0.6) is 0 Å². The van der Waals surface area contributed by atoms with Crippen LogP contribution >= 0.6 is 0 Å². The molecule has 0 aromatic heterocycles. The predicted octanol–water partition coefficient (Wildman–Crippen LogP) is 5.93. The van der Waals surface area contributed by atoms with E-state index in [1.807, 2.05) is 112 Å². The van der Waals surface area contributed by atoms with Crippen LogP contribution in [0.1, 0.15) is 50.8 Å². The monoisotopic (exact) mass is 615 g/mol. The Morgan fingerprint density at radius 1 is 0.756 bits per heavy atom. The number of hydrogen-bond donors (Lipinski definition) is 1. The molecule has 1 aliphatic rings. The summed E-state index contributed by atoms with van der Waals surface area (Å²) in [7, 11) is 0. The van der Waals surface area contributed by atoms with Gasteiger partial charge in [-0.15, -0.1) is 0 Å². The van der Waals surface area contributed by atoms with Gasteiger partial charge in [-0.05, 0) is 43.9 Å². The fourth-order valence-electron chi connectivity index (χ4n) is 5.20. The lowest BCUT2D eigenvalue weighted by Gasteiger charge is -2.46. The molecule has 45 heavy (non-hydrogen) atoms. The van der Waals surface area contributed by atoms with Crippen LogP contribution in [0.4, 0.5) is 0 Å². The molecule has 1 aliphatic heterocycles. The van der Waals surface area contributed by atoms with Crippen molar-refractivity contribution in [2.75, 3.05) is 6.61 Å². The number of carbonyl (C=O) groups is 2. The minimum Gasteiger partial charge on any atom is -0.457 e. The first kappa shape index (κ1) is 34.1. The van der Waals surface area contributed by atoms with Crippen molar-refractivity contribution in [3.8, 4) is 0 Å². The summed E-state index contributed by atoms with van der Waals surface area (Å²) in [6.45, 7) is 8.20. The van der Waals surface area contributed by atoms with E-state index < -0.39 is 42.0 Å². The fourth-order valence-corrected chi connectivity index (χ4v) is 5.20. The van der Waals surface area contributed by atoms with Crippen molar-refractivity contribution in [3.05, 3.63) is 120 Å². The zero-order chi connectivity index (χ0) is 32.1. The molecule has 0 spiro atoms. The maximum atomic E-state index is 12.5. The van der Waals surface area contributed by atoms with Gasteiger partial charge in [0, 0.05) is 13.0 Å². The highest BCUT2D eigenvalue weighted by atomic mass is 16.6. The number of hydrogen-bond acceptors (Lipinski definition) is 7. The Balaban J connectivity index is 1.61. The molecular weight excluding hydrogens is 570 g/mol. The molecule has 1 amide bonds. The van der Waals surface area contributed by atoms with Crippen molar-refractivity contribution >= 4 is 11.9 Å². The maximum absolute atomic E-state index is 12.5. The Labute approximate surface area is 266 Å². The number of nitrogens with one attached hydrogen (secondary N) is 1. The second-order valence-corrected chi connectivity index (χ2v) is 12.1. The van der Waals surface area contributed by atoms with Gasteiger partial charge in [-0.25, -0.2) is 4.79 Å². The molecule has 8 nitrogen and oxygen atoms in total. The summed E-state index contributed by atoms with van der Waals surface area (Å²) < 4.78 is 31.4. The number of ether oxygens (including phenoxy) is 5. The number of benzene rings is 3. The summed E-state index contributed by atoms with van der Waals surface area (Å²) in [5.74, 6) is -0.670. The molecule has 0 bridgehead atoms. The first-order valence-corrected chi connectivity index (χ1v) is 15.4. The Hall–Kier alpha value is -3.82. The zero-order valence-corrected chi connectivity index (χ0v) is 26.6. The maximum Gasteiger partial charge on any atom is 0.330 e. The predicted molar refractivity (Wildman–Crippen MR) is 172 cm³/mol. The van der Waals surface area contributed by atoms with Crippen LogP contribution in [-0.2, 0) is 53.1 Å². The second kappa shape index (κ2) is 17.0.